The number of ether oxygens (including phenoxy) is 2. The Morgan fingerprint density at radius 3 is 2.17 bits per heavy atom. The summed E-state index contributed by atoms with van der Waals surface area (Å²) < 4.78 is 9.67. The van der Waals surface area contributed by atoms with E-state index in [1.807, 2.05) is 6.92 Å². The maximum absolute atomic E-state index is 4.84. The molecule has 1 radical (unpaired) electrons. The molecule has 2 rings (SSSR count). The van der Waals surface area contributed by atoms with Crippen molar-refractivity contribution in [3.63, 3.8) is 0 Å². The molecule has 6 heavy (non-hydrogen) atoms. The third kappa shape index (κ3) is 0.150. The summed E-state index contributed by atoms with van der Waals surface area (Å²) in [5, 5.41) is 0. The van der Waals surface area contributed by atoms with Crippen LogP contribution in [0.1, 0.15) is 13.3 Å². The van der Waals surface area contributed by atoms with Gasteiger partial charge in [-0.15, -0.1) is 0 Å². The standard InChI is InChI=1S/C4H5O2/c1-2-4-3(5-4)6-4/h2H2,1H3. The van der Waals surface area contributed by atoms with E-state index in [2.05, 4.69) is 0 Å². The summed E-state index contributed by atoms with van der Waals surface area (Å²) in [6.07, 6.45) is 1.83. The van der Waals surface area contributed by atoms with Crippen LogP contribution in [0.4, 0.5) is 0 Å². The van der Waals surface area contributed by atoms with Gasteiger partial charge in [-0.3, -0.25) is 0 Å². The highest BCUT2D eigenvalue weighted by Gasteiger charge is 2.78. The molecule has 2 saturated heterocycles. The molecule has 0 N–H and O–H groups in total. The zero-order valence-corrected chi connectivity index (χ0v) is 3.52. The van der Waals surface area contributed by atoms with Crippen molar-refractivity contribution in [2.75, 3.05) is 0 Å². The van der Waals surface area contributed by atoms with E-state index in [0.717, 1.165) is 12.7 Å². The van der Waals surface area contributed by atoms with Gasteiger partial charge in [0.15, 0.2) is 0 Å². The zero-order valence-electron chi connectivity index (χ0n) is 3.52. The molecule has 0 aromatic heterocycles. The smallest absolute Gasteiger partial charge is 0.291 e. The molecule has 0 saturated carbocycles. The number of epoxide rings is 2. The fourth-order valence-corrected chi connectivity index (χ4v) is 0.545. The second-order valence-electron chi connectivity index (χ2n) is 1.60. The second kappa shape index (κ2) is 0.532. The Bertz CT molecular complexity index is 83.5. The molecule has 0 aliphatic carbocycles. The van der Waals surface area contributed by atoms with Gasteiger partial charge in [0, 0.05) is 6.42 Å². The Morgan fingerprint density at radius 2 is 2.17 bits per heavy atom. The number of hydrogen-bond acceptors (Lipinski definition) is 2. The Balaban J connectivity index is 2.10. The minimum Gasteiger partial charge on any atom is -0.302 e. The third-order valence-corrected chi connectivity index (χ3v) is 1.21. The largest absolute Gasteiger partial charge is 0.302 e. The predicted octanol–water partition coefficient (Wildman–Crippen LogP) is 0.643. The maximum Gasteiger partial charge on any atom is 0.291 e. The molecule has 2 heterocycles. The van der Waals surface area contributed by atoms with Gasteiger partial charge in [-0.25, -0.2) is 0 Å². The monoisotopic (exact) mass is 85.0 g/mol. The van der Waals surface area contributed by atoms with Crippen molar-refractivity contribution >= 4 is 0 Å². The average Bonchev–Trinajstić information content (AvgIpc) is 2.12. The van der Waals surface area contributed by atoms with Crippen LogP contribution in [0.25, 0.3) is 0 Å². The Morgan fingerprint density at radius 1 is 1.67 bits per heavy atom. The predicted molar refractivity (Wildman–Crippen MR) is 18.4 cm³/mol. The summed E-state index contributed by atoms with van der Waals surface area (Å²) in [5.41, 5.74) is 0. The van der Waals surface area contributed by atoms with E-state index in [1.54, 1.807) is 0 Å². The molecule has 0 aromatic carbocycles. The summed E-state index contributed by atoms with van der Waals surface area (Å²) in [4.78, 5) is 0. The summed E-state index contributed by atoms with van der Waals surface area (Å²) in [5.74, 6) is -0.125. The number of hydrogen-bond donors (Lipinski definition) is 0. The summed E-state index contributed by atoms with van der Waals surface area (Å²) >= 11 is 0. The Labute approximate surface area is 36.0 Å². The van der Waals surface area contributed by atoms with Gasteiger partial charge in [-0.2, -0.15) is 0 Å². The fraction of sp³-hybridized carbons (Fsp3) is 0.750. The van der Waals surface area contributed by atoms with Gasteiger partial charge < -0.3 is 9.47 Å². The van der Waals surface area contributed by atoms with Gasteiger partial charge in [0.05, 0.1) is 0 Å². The first kappa shape index (κ1) is 2.99. The van der Waals surface area contributed by atoms with Gasteiger partial charge in [0.25, 0.3) is 6.29 Å². The number of rotatable bonds is 1. The summed E-state index contributed by atoms with van der Waals surface area (Å²) in [7, 11) is 0. The molecule has 0 aromatic rings. The lowest BCUT2D eigenvalue weighted by Crippen LogP contribution is -1.92. The molecule has 0 spiro atoms. The molecule has 2 aliphatic heterocycles. The normalized spacial score (nSPS) is 35.5. The van der Waals surface area contributed by atoms with E-state index >= 15 is 0 Å². The molecule has 33 valence electrons. The second-order valence-corrected chi connectivity index (χ2v) is 1.60. The van der Waals surface area contributed by atoms with Gasteiger partial charge in [-0.05, 0) is 0 Å². The van der Waals surface area contributed by atoms with Gasteiger partial charge >= 0.3 is 0 Å². The summed E-state index contributed by atoms with van der Waals surface area (Å²) in [6.45, 7) is 2.04. The van der Waals surface area contributed by atoms with Crippen LogP contribution in [0.2, 0.25) is 0 Å². The molecular weight excluding hydrogens is 80.0 g/mol. The lowest BCUT2D eigenvalue weighted by atomic mass is 10.4. The van der Waals surface area contributed by atoms with Crippen molar-refractivity contribution in [2.45, 2.75) is 19.1 Å². The Hall–Kier alpha value is -0.0800. The average molecular weight is 85.1 g/mol. The maximum atomic E-state index is 4.84. The van der Waals surface area contributed by atoms with Crippen molar-refractivity contribution in [3.05, 3.63) is 6.29 Å². The van der Waals surface area contributed by atoms with Crippen molar-refractivity contribution in [3.8, 4) is 0 Å². The lowest BCUT2D eigenvalue weighted by Gasteiger charge is -1.87. The van der Waals surface area contributed by atoms with E-state index in [9.17, 15) is 0 Å². The Kier molecular flexibility index (Phi) is 0.265. The van der Waals surface area contributed by atoms with Crippen LogP contribution in [0.5, 0.6) is 0 Å². The van der Waals surface area contributed by atoms with Crippen LogP contribution in [-0.4, -0.2) is 5.79 Å². The molecular formula is C4H5O2. The first-order chi connectivity index (χ1) is 2.87. The van der Waals surface area contributed by atoms with Crippen LogP contribution >= 0.6 is 0 Å². The van der Waals surface area contributed by atoms with Crippen LogP contribution in [-0.2, 0) is 9.47 Å². The number of fused-ring (bicyclic) bond motifs is 1. The van der Waals surface area contributed by atoms with Crippen molar-refractivity contribution in [1.29, 1.82) is 0 Å². The molecule has 0 unspecified atom stereocenters. The van der Waals surface area contributed by atoms with Crippen LogP contribution in [0.3, 0.4) is 0 Å². The third-order valence-electron chi connectivity index (χ3n) is 1.21. The topological polar surface area (TPSA) is 25.1 Å². The quantitative estimate of drug-likeness (QED) is 0.436. The van der Waals surface area contributed by atoms with Crippen molar-refractivity contribution in [1.82, 2.24) is 0 Å². The highest BCUT2D eigenvalue weighted by atomic mass is 17.0. The molecule has 2 nitrogen and oxygen atoms in total. The van der Waals surface area contributed by atoms with Gasteiger partial charge in [0.1, 0.15) is 0 Å². The molecule has 2 aliphatic rings. The van der Waals surface area contributed by atoms with Crippen molar-refractivity contribution in [2.24, 2.45) is 0 Å². The molecule has 0 atom stereocenters. The molecule has 0 amide bonds. The minimum atomic E-state index is -0.125. The SMILES string of the molecule is CCC12O[C]1O2. The summed E-state index contributed by atoms with van der Waals surface area (Å²) in [6, 6.07) is 0. The lowest BCUT2D eigenvalue weighted by molar-refractivity contribution is -0.0155. The van der Waals surface area contributed by atoms with E-state index in [0.29, 0.717) is 0 Å². The van der Waals surface area contributed by atoms with E-state index in [-0.39, 0.29) is 5.79 Å². The highest BCUT2D eigenvalue weighted by Crippen LogP contribution is 2.65. The van der Waals surface area contributed by atoms with Crippen molar-refractivity contribution < 1.29 is 9.47 Å². The zero-order chi connectivity index (χ0) is 4.20. The van der Waals surface area contributed by atoms with Crippen LogP contribution in [0, 0.1) is 6.29 Å². The van der Waals surface area contributed by atoms with E-state index < -0.39 is 0 Å². The van der Waals surface area contributed by atoms with Gasteiger partial charge in [0.2, 0.25) is 5.79 Å². The molecule has 0 bridgehead atoms. The van der Waals surface area contributed by atoms with E-state index in [1.165, 1.54) is 0 Å². The van der Waals surface area contributed by atoms with Gasteiger partial charge in [-0.1, -0.05) is 6.92 Å². The highest BCUT2D eigenvalue weighted by molar-refractivity contribution is 5.18. The molecule has 2 heteroatoms. The van der Waals surface area contributed by atoms with E-state index in [4.69, 9.17) is 9.47 Å². The molecule has 2 fully saturated rings. The van der Waals surface area contributed by atoms with Crippen LogP contribution < -0.4 is 0 Å². The minimum absolute atomic E-state index is 0.125. The first-order valence-electron chi connectivity index (χ1n) is 2.13. The van der Waals surface area contributed by atoms with Crippen LogP contribution in [0.15, 0.2) is 0 Å². The fourth-order valence-electron chi connectivity index (χ4n) is 0.545. The first-order valence-corrected chi connectivity index (χ1v) is 2.13.